The average Bonchev–Trinajstić information content (AvgIpc) is 2.32. The van der Waals surface area contributed by atoms with Gasteiger partial charge in [0.25, 0.3) is 0 Å². The van der Waals surface area contributed by atoms with Gasteiger partial charge in [-0.05, 0) is 37.9 Å². The van der Waals surface area contributed by atoms with Gasteiger partial charge >= 0.3 is 0 Å². The molecule has 0 atom stereocenters. The maximum absolute atomic E-state index is 13.3. The molecule has 0 saturated carbocycles. The minimum atomic E-state index is -0.592. The summed E-state index contributed by atoms with van der Waals surface area (Å²) in [6.07, 6.45) is 1.24. The molecule has 0 saturated heterocycles. The summed E-state index contributed by atoms with van der Waals surface area (Å²) in [4.78, 5) is 7.64. The Kier molecular flexibility index (Phi) is 4.42. The summed E-state index contributed by atoms with van der Waals surface area (Å²) in [6.45, 7) is 0. The van der Waals surface area contributed by atoms with E-state index >= 15 is 0 Å². The quantitative estimate of drug-likeness (QED) is 0.496. The average molecular weight is 417 g/mol. The van der Waals surface area contributed by atoms with Crippen LogP contribution >= 0.6 is 55.1 Å². The van der Waals surface area contributed by atoms with E-state index in [9.17, 15) is 4.39 Å². The highest BCUT2D eigenvalue weighted by Crippen LogP contribution is 2.36. The first-order valence-corrected chi connectivity index (χ1v) is 6.81. The molecule has 1 aromatic heterocycles. The zero-order chi connectivity index (χ0) is 13.3. The molecule has 18 heavy (non-hydrogen) atoms. The minimum Gasteiger partial charge on any atom is -0.436 e. The van der Waals surface area contributed by atoms with Crippen LogP contribution in [0, 0.1) is 5.82 Å². The van der Waals surface area contributed by atoms with Crippen molar-refractivity contribution in [3.8, 4) is 11.6 Å². The van der Waals surface area contributed by atoms with Gasteiger partial charge in [0.05, 0.1) is 9.50 Å². The SMILES string of the molecule is Fc1cc(Oc2ncnc(Cl)c2Br)c(Br)cc1Cl. The molecule has 0 radical (unpaired) electrons. The lowest BCUT2D eigenvalue weighted by Gasteiger charge is -2.09. The Balaban J connectivity index is 2.40. The van der Waals surface area contributed by atoms with E-state index in [1.807, 2.05) is 0 Å². The fraction of sp³-hybridized carbons (Fsp3) is 0. The van der Waals surface area contributed by atoms with E-state index in [2.05, 4.69) is 41.8 Å². The lowest BCUT2D eigenvalue weighted by atomic mass is 10.3. The molecule has 8 heteroatoms. The zero-order valence-electron chi connectivity index (χ0n) is 8.42. The number of nitrogens with zero attached hydrogens (tertiary/aromatic N) is 2. The summed E-state index contributed by atoms with van der Waals surface area (Å²) in [5.41, 5.74) is 0. The highest BCUT2D eigenvalue weighted by molar-refractivity contribution is 9.11. The molecule has 0 aliphatic heterocycles. The molecule has 0 N–H and O–H groups in total. The first-order valence-electron chi connectivity index (χ1n) is 4.47. The molecule has 3 nitrogen and oxygen atoms in total. The number of hydrogen-bond donors (Lipinski definition) is 0. The highest BCUT2D eigenvalue weighted by atomic mass is 79.9. The van der Waals surface area contributed by atoms with E-state index in [-0.39, 0.29) is 21.8 Å². The molecule has 0 aliphatic carbocycles. The predicted octanol–water partition coefficient (Wildman–Crippen LogP) is 5.24. The number of ether oxygens (including phenoxy) is 1. The lowest BCUT2D eigenvalue weighted by Crippen LogP contribution is -1.93. The van der Waals surface area contributed by atoms with Gasteiger partial charge in [0.2, 0.25) is 5.88 Å². The molecule has 0 fully saturated rings. The van der Waals surface area contributed by atoms with Crippen LogP contribution in [-0.4, -0.2) is 9.97 Å². The Bertz CT molecular complexity index is 613. The second-order valence-corrected chi connectivity index (χ2v) is 5.49. The lowest BCUT2D eigenvalue weighted by molar-refractivity contribution is 0.450. The van der Waals surface area contributed by atoms with E-state index in [1.165, 1.54) is 12.4 Å². The van der Waals surface area contributed by atoms with Crippen LogP contribution in [0.1, 0.15) is 0 Å². The van der Waals surface area contributed by atoms with Gasteiger partial charge in [-0.2, -0.15) is 0 Å². The van der Waals surface area contributed by atoms with Crippen molar-refractivity contribution in [1.82, 2.24) is 9.97 Å². The van der Waals surface area contributed by atoms with Gasteiger partial charge in [-0.3, -0.25) is 0 Å². The van der Waals surface area contributed by atoms with Gasteiger partial charge < -0.3 is 4.74 Å². The fourth-order valence-electron chi connectivity index (χ4n) is 1.09. The Morgan fingerprint density at radius 3 is 2.61 bits per heavy atom. The van der Waals surface area contributed by atoms with Crippen LogP contribution in [0.15, 0.2) is 27.4 Å². The van der Waals surface area contributed by atoms with Gasteiger partial charge in [0.15, 0.2) is 5.15 Å². The molecule has 94 valence electrons. The monoisotopic (exact) mass is 414 g/mol. The summed E-state index contributed by atoms with van der Waals surface area (Å²) >= 11 is 17.8. The third kappa shape index (κ3) is 2.93. The van der Waals surface area contributed by atoms with Crippen LogP contribution in [0.2, 0.25) is 10.2 Å². The zero-order valence-corrected chi connectivity index (χ0v) is 13.1. The normalized spacial score (nSPS) is 10.5. The Hall–Kier alpha value is -0.430. The molecule has 0 unspecified atom stereocenters. The summed E-state index contributed by atoms with van der Waals surface area (Å²) in [5.74, 6) is -0.184. The van der Waals surface area contributed by atoms with Gasteiger partial charge in [-0.15, -0.1) is 0 Å². The van der Waals surface area contributed by atoms with Crippen molar-refractivity contribution in [2.75, 3.05) is 0 Å². The summed E-state index contributed by atoms with van der Waals surface area (Å²) in [6, 6.07) is 2.54. The molecule has 0 bridgehead atoms. The van der Waals surface area contributed by atoms with Crippen molar-refractivity contribution < 1.29 is 9.13 Å². The molecular formula is C10H3Br2Cl2FN2O. The van der Waals surface area contributed by atoms with Crippen LogP contribution in [0.4, 0.5) is 4.39 Å². The smallest absolute Gasteiger partial charge is 0.238 e. The van der Waals surface area contributed by atoms with Crippen LogP contribution < -0.4 is 4.74 Å². The number of halogens is 5. The van der Waals surface area contributed by atoms with Gasteiger partial charge in [0.1, 0.15) is 22.4 Å². The highest BCUT2D eigenvalue weighted by Gasteiger charge is 2.13. The van der Waals surface area contributed by atoms with E-state index in [0.717, 1.165) is 6.07 Å². The standard InChI is InChI=1S/C10H3Br2Cl2FN2O/c11-4-1-5(13)6(15)2-7(4)18-10-8(12)9(14)16-3-17-10/h1-3H. The van der Waals surface area contributed by atoms with Crippen molar-refractivity contribution in [1.29, 1.82) is 0 Å². The summed E-state index contributed by atoms with van der Waals surface area (Å²) < 4.78 is 19.6. The van der Waals surface area contributed by atoms with Crippen molar-refractivity contribution in [2.24, 2.45) is 0 Å². The van der Waals surface area contributed by atoms with Gasteiger partial charge in [0, 0.05) is 6.07 Å². The molecular weight excluding hydrogens is 414 g/mol. The van der Waals surface area contributed by atoms with E-state index < -0.39 is 5.82 Å². The van der Waals surface area contributed by atoms with Crippen molar-refractivity contribution >= 4 is 55.1 Å². The van der Waals surface area contributed by atoms with Crippen LogP contribution in [0.5, 0.6) is 11.6 Å². The van der Waals surface area contributed by atoms with E-state index in [1.54, 1.807) is 0 Å². The van der Waals surface area contributed by atoms with Crippen molar-refractivity contribution in [2.45, 2.75) is 0 Å². The van der Waals surface area contributed by atoms with Crippen LogP contribution in [0.25, 0.3) is 0 Å². The molecule has 2 aromatic rings. The van der Waals surface area contributed by atoms with E-state index in [4.69, 9.17) is 27.9 Å². The van der Waals surface area contributed by atoms with Gasteiger partial charge in [-0.25, -0.2) is 14.4 Å². The molecule has 1 heterocycles. The van der Waals surface area contributed by atoms with Crippen molar-refractivity contribution in [3.63, 3.8) is 0 Å². The van der Waals surface area contributed by atoms with Crippen LogP contribution in [-0.2, 0) is 0 Å². The molecule has 0 spiro atoms. The predicted molar refractivity (Wildman–Crippen MR) is 73.9 cm³/mol. The van der Waals surface area contributed by atoms with E-state index in [0.29, 0.717) is 8.95 Å². The molecule has 1 aromatic carbocycles. The molecule has 0 amide bonds. The number of benzene rings is 1. The fourth-order valence-corrected chi connectivity index (χ4v) is 2.22. The molecule has 0 aliphatic rings. The second kappa shape index (κ2) is 5.69. The number of rotatable bonds is 2. The third-order valence-corrected chi connectivity index (χ3v) is 4.04. The Labute approximate surface area is 129 Å². The Morgan fingerprint density at radius 2 is 1.89 bits per heavy atom. The number of hydrogen-bond acceptors (Lipinski definition) is 3. The molecule has 2 rings (SSSR count). The third-order valence-electron chi connectivity index (χ3n) is 1.90. The first-order chi connectivity index (χ1) is 8.49. The Morgan fingerprint density at radius 1 is 1.17 bits per heavy atom. The summed E-state index contributed by atoms with van der Waals surface area (Å²) in [7, 11) is 0. The number of aromatic nitrogens is 2. The minimum absolute atomic E-state index is 0.00555. The van der Waals surface area contributed by atoms with Crippen LogP contribution in [0.3, 0.4) is 0 Å². The second-order valence-electron chi connectivity index (χ2n) is 3.08. The summed E-state index contributed by atoms with van der Waals surface area (Å²) in [5, 5.41) is 0.194. The van der Waals surface area contributed by atoms with Gasteiger partial charge in [-0.1, -0.05) is 23.2 Å². The van der Waals surface area contributed by atoms with Crippen molar-refractivity contribution in [3.05, 3.63) is 43.4 Å². The maximum atomic E-state index is 13.3. The maximum Gasteiger partial charge on any atom is 0.238 e. The topological polar surface area (TPSA) is 35.0 Å². The largest absolute Gasteiger partial charge is 0.436 e. The first kappa shape index (κ1) is 14.0.